The monoisotopic (exact) mass is 1000 g/mol. The van der Waals surface area contributed by atoms with E-state index in [1.54, 1.807) is 12.1 Å². The third-order valence-electron chi connectivity index (χ3n) is 16.2. The number of alkyl halides is 1. The number of fused-ring (bicyclic) bond motifs is 2. The van der Waals surface area contributed by atoms with E-state index in [1.807, 2.05) is 0 Å². The number of aromatic nitrogens is 4. The number of hydrogen-bond acceptors (Lipinski definition) is 13. The summed E-state index contributed by atoms with van der Waals surface area (Å²) in [7, 11) is -4.89. The zero-order valence-electron chi connectivity index (χ0n) is 40.3. The molecule has 17 nitrogen and oxygen atoms in total. The molecular formula is C52H58F2N10O7S. The van der Waals surface area contributed by atoms with Crippen molar-refractivity contribution in [3.05, 3.63) is 106 Å². The Kier molecular flexibility index (Phi) is 12.3. The number of Topliss-reactive ketones (excluding diaryl/α,β-unsaturated/α-hetero) is 1. The zero-order valence-corrected chi connectivity index (χ0v) is 41.1. The highest BCUT2D eigenvalue weighted by Gasteiger charge is 2.50. The van der Waals surface area contributed by atoms with E-state index in [0.717, 1.165) is 63.4 Å². The summed E-state index contributed by atoms with van der Waals surface area (Å²) in [5.74, 6) is -0.941. The van der Waals surface area contributed by atoms with Gasteiger partial charge in [0.25, 0.3) is 21.6 Å². The minimum Gasteiger partial charge on any atom is -0.455 e. The lowest BCUT2D eigenvalue weighted by molar-refractivity contribution is -0.384. The standard InChI is InChI=1S/C52H58F2N10O7S/c1-31(2)37-6-3-4-7-38(37)42-8-5-15-63(42)34-25-51(26-34)11-16-61(17-12-51)32-9-10-39(44(22-32)71-36-23-40-41(53)28-56-49(40)55-27-36)50(66)60-72(69,70)45-24-43(64(67)68)46(48-47(45)58-30-59-48)57-29-52(54)13-18-62(19-14-52)33-20-35(65)21-33/h3-4,6-7,9-10,22-24,27-28,30-31,33-34,42,57H,5,8,11-21,25-26,29H2,1-2H3,(H,55,56)(H,58,59)(H,60,66). The molecule has 378 valence electrons. The van der Waals surface area contributed by atoms with Gasteiger partial charge in [-0.1, -0.05) is 38.1 Å². The Morgan fingerprint density at radius 1 is 0.986 bits per heavy atom. The summed E-state index contributed by atoms with van der Waals surface area (Å²) in [6, 6.07) is 17.1. The molecule has 0 bridgehead atoms. The number of ether oxygens (including phenoxy) is 1. The fourth-order valence-corrected chi connectivity index (χ4v) is 13.2. The minimum absolute atomic E-state index is 0.0225. The van der Waals surface area contributed by atoms with Gasteiger partial charge in [0.15, 0.2) is 0 Å². The highest BCUT2D eigenvalue weighted by Crippen LogP contribution is 2.54. The fraction of sp³-hybridized carbons (Fsp3) is 0.462. The summed E-state index contributed by atoms with van der Waals surface area (Å²) >= 11 is 0. The lowest BCUT2D eigenvalue weighted by atomic mass is 9.59. The summed E-state index contributed by atoms with van der Waals surface area (Å²) in [5.41, 5.74) is 1.15. The molecule has 6 aromatic rings. The van der Waals surface area contributed by atoms with Crippen molar-refractivity contribution in [1.29, 1.82) is 0 Å². The molecule has 5 aliphatic rings. The first-order valence-corrected chi connectivity index (χ1v) is 26.5. The molecule has 6 heterocycles. The van der Waals surface area contributed by atoms with Crippen LogP contribution in [0, 0.1) is 21.3 Å². The van der Waals surface area contributed by atoms with Gasteiger partial charge in [-0.05, 0) is 98.6 Å². The van der Waals surface area contributed by atoms with Crippen molar-refractivity contribution in [1.82, 2.24) is 34.5 Å². The molecule has 3 aliphatic heterocycles. The van der Waals surface area contributed by atoms with Gasteiger partial charge in [0.05, 0.1) is 33.9 Å². The number of nitro benzene ring substituents is 1. The van der Waals surface area contributed by atoms with Crippen LogP contribution in [0.1, 0.15) is 112 Å². The molecular weight excluding hydrogens is 947 g/mol. The number of rotatable bonds is 14. The van der Waals surface area contributed by atoms with Crippen molar-refractivity contribution in [3.8, 4) is 11.5 Å². The third kappa shape index (κ3) is 8.94. The van der Waals surface area contributed by atoms with Crippen molar-refractivity contribution >= 4 is 60.8 Å². The smallest absolute Gasteiger partial charge is 0.296 e. The summed E-state index contributed by atoms with van der Waals surface area (Å²) in [6.07, 6.45) is 11.5. The largest absolute Gasteiger partial charge is 0.455 e. The number of amides is 1. The molecule has 5 fully saturated rings. The van der Waals surface area contributed by atoms with Crippen LogP contribution in [0.25, 0.3) is 22.1 Å². The normalized spacial score (nSPS) is 20.8. The van der Waals surface area contributed by atoms with Crippen LogP contribution in [-0.4, -0.2) is 112 Å². The van der Waals surface area contributed by atoms with Gasteiger partial charge in [-0.2, -0.15) is 0 Å². The van der Waals surface area contributed by atoms with Crippen LogP contribution < -0.4 is 19.7 Å². The molecule has 20 heteroatoms. The number of halogens is 2. The molecule has 0 radical (unpaired) electrons. The number of carbonyl (C=O) groups is 2. The second-order valence-electron chi connectivity index (χ2n) is 20.9. The van der Waals surface area contributed by atoms with Gasteiger partial charge >= 0.3 is 0 Å². The fourth-order valence-electron chi connectivity index (χ4n) is 12.1. The summed E-state index contributed by atoms with van der Waals surface area (Å²) in [4.78, 5) is 58.0. The van der Waals surface area contributed by atoms with Crippen molar-refractivity contribution in [2.45, 2.75) is 113 Å². The predicted octanol–water partition coefficient (Wildman–Crippen LogP) is 9.05. The molecule has 1 unspecified atom stereocenters. The molecule has 1 spiro atoms. The van der Waals surface area contributed by atoms with Gasteiger partial charge in [0, 0.05) is 87.7 Å². The second-order valence-corrected chi connectivity index (χ2v) is 22.6. The number of nitrogens with zero attached hydrogens (tertiary/aromatic N) is 6. The van der Waals surface area contributed by atoms with Crippen LogP contribution in [0.4, 0.5) is 25.8 Å². The minimum atomic E-state index is -4.89. The number of likely N-dealkylation sites (tertiary alicyclic amines) is 2. The highest BCUT2D eigenvalue weighted by molar-refractivity contribution is 7.90. The number of nitro groups is 1. The Morgan fingerprint density at radius 2 is 1.75 bits per heavy atom. The summed E-state index contributed by atoms with van der Waals surface area (Å²) in [6.45, 7) is 7.71. The van der Waals surface area contributed by atoms with Gasteiger partial charge in [-0.3, -0.25) is 29.5 Å². The number of ketones is 1. The Labute approximate surface area is 415 Å². The van der Waals surface area contributed by atoms with Gasteiger partial charge < -0.3 is 24.9 Å². The molecule has 11 rings (SSSR count). The lowest BCUT2D eigenvalue weighted by Crippen LogP contribution is -2.54. The first-order valence-electron chi connectivity index (χ1n) is 25.0. The first-order chi connectivity index (χ1) is 34.6. The SMILES string of the molecule is CC(C)c1ccccc1C1CCCN1C1CC2(CCN(c3ccc(C(=O)NS(=O)(=O)c4cc([N+](=O)[O-])c(NCC5(F)CCN(C6CC(=O)C6)CC5)c5[nH]cnc45)c(Oc4cnc5[nH]cc(F)c5c4)c3)CC2)C1. The molecule has 3 aromatic carbocycles. The van der Waals surface area contributed by atoms with Crippen LogP contribution in [0.5, 0.6) is 11.5 Å². The van der Waals surface area contributed by atoms with Gasteiger partial charge in [0.2, 0.25) is 0 Å². The number of aromatic amines is 2. The van der Waals surface area contributed by atoms with E-state index in [2.05, 4.69) is 82.8 Å². The Balaban J connectivity index is 0.813. The summed E-state index contributed by atoms with van der Waals surface area (Å²) < 4.78 is 67.8. The van der Waals surface area contributed by atoms with Gasteiger partial charge in [-0.15, -0.1) is 0 Å². The number of H-pyrrole nitrogens is 2. The van der Waals surface area contributed by atoms with Crippen LogP contribution in [0.2, 0.25) is 0 Å². The van der Waals surface area contributed by atoms with Crippen LogP contribution >= 0.6 is 0 Å². The molecule has 2 aliphatic carbocycles. The maximum Gasteiger partial charge on any atom is 0.296 e. The van der Waals surface area contributed by atoms with E-state index in [4.69, 9.17) is 4.74 Å². The Hall–Kier alpha value is -6.51. The van der Waals surface area contributed by atoms with Gasteiger partial charge in [-0.25, -0.2) is 31.9 Å². The number of anilines is 2. The molecule has 72 heavy (non-hydrogen) atoms. The third-order valence-corrected chi connectivity index (χ3v) is 17.6. The average molecular weight is 1010 g/mol. The molecule has 3 aromatic heterocycles. The topological polar surface area (TPSA) is 212 Å². The van der Waals surface area contributed by atoms with Gasteiger partial charge in [0.1, 0.15) is 50.5 Å². The quantitative estimate of drug-likeness (QED) is 0.0593. The van der Waals surface area contributed by atoms with Crippen molar-refractivity contribution in [3.63, 3.8) is 0 Å². The Morgan fingerprint density at radius 3 is 2.49 bits per heavy atom. The highest BCUT2D eigenvalue weighted by atomic mass is 32.2. The molecule has 3 saturated heterocycles. The van der Waals surface area contributed by atoms with E-state index >= 15 is 4.39 Å². The van der Waals surface area contributed by atoms with Crippen LogP contribution in [0.15, 0.2) is 78.2 Å². The number of carbonyl (C=O) groups excluding carboxylic acids is 2. The zero-order chi connectivity index (χ0) is 50.1. The number of pyridine rings is 1. The molecule has 1 atom stereocenters. The lowest BCUT2D eigenvalue weighted by Gasteiger charge is -2.56. The van der Waals surface area contributed by atoms with E-state index in [-0.39, 0.29) is 81.4 Å². The van der Waals surface area contributed by atoms with Crippen LogP contribution in [0.3, 0.4) is 0 Å². The molecule has 2 saturated carbocycles. The van der Waals surface area contributed by atoms with E-state index < -0.39 is 42.9 Å². The second kappa shape index (κ2) is 18.5. The van der Waals surface area contributed by atoms with E-state index in [1.165, 1.54) is 48.5 Å². The average Bonchev–Trinajstić information content (AvgIpc) is 4.12. The Bertz CT molecular complexity index is 3200. The van der Waals surface area contributed by atoms with E-state index in [0.29, 0.717) is 43.9 Å². The number of imidazole rings is 1. The number of hydrogen-bond donors (Lipinski definition) is 4. The predicted molar refractivity (Wildman–Crippen MR) is 267 cm³/mol. The van der Waals surface area contributed by atoms with Crippen molar-refractivity contribution < 1.29 is 36.4 Å². The van der Waals surface area contributed by atoms with Crippen molar-refractivity contribution in [2.75, 3.05) is 49.5 Å². The number of benzene rings is 3. The van der Waals surface area contributed by atoms with E-state index in [9.17, 15) is 32.5 Å². The van der Waals surface area contributed by atoms with Crippen LogP contribution in [-0.2, 0) is 14.8 Å². The first kappa shape index (κ1) is 47.8. The maximum atomic E-state index is 16.2. The number of piperidine rings is 2. The number of sulfonamides is 1. The maximum absolute atomic E-state index is 16.2. The number of nitrogens with one attached hydrogen (secondary N) is 4. The molecule has 4 N–H and O–H groups in total. The summed E-state index contributed by atoms with van der Waals surface area (Å²) in [5, 5.41) is 15.6. The van der Waals surface area contributed by atoms with Crippen molar-refractivity contribution in [2.24, 2.45) is 5.41 Å². The molecule has 1 amide bonds.